The number of carboxylic acid groups (broad SMARTS) is 1. The van der Waals surface area contributed by atoms with Crippen molar-refractivity contribution in [3.63, 3.8) is 0 Å². The van der Waals surface area contributed by atoms with E-state index in [1.807, 2.05) is 0 Å². The zero-order chi connectivity index (χ0) is 19.8. The molecule has 6 N–H and O–H groups in total. The highest BCUT2D eigenvalue weighted by Gasteiger charge is 2.29. The number of nitrogens with two attached hydrogens (primary N) is 2. The molecule has 0 bridgehead atoms. The number of aromatic nitrogens is 2. The number of benzene rings is 1. The van der Waals surface area contributed by atoms with Gasteiger partial charge in [-0.15, -0.1) is 11.3 Å². The minimum Gasteiger partial charge on any atom is -0.494 e. The number of carboxylic acids is 1. The molecule has 144 valence electrons. The molecular weight excluding hydrogens is 378 g/mol. The van der Waals surface area contributed by atoms with Gasteiger partial charge in [0.15, 0.2) is 6.21 Å². The lowest BCUT2D eigenvalue weighted by Gasteiger charge is -2.19. The quantitative estimate of drug-likeness (QED) is 0.377. The van der Waals surface area contributed by atoms with E-state index in [0.717, 1.165) is 20.7 Å². The van der Waals surface area contributed by atoms with Crippen molar-refractivity contribution in [1.82, 2.24) is 9.97 Å². The largest absolute Gasteiger partial charge is 0.494 e. The molecule has 0 unspecified atom stereocenters. The molecule has 0 saturated heterocycles. The number of thiophene rings is 1. The van der Waals surface area contributed by atoms with Crippen LogP contribution < -0.4 is 21.2 Å². The van der Waals surface area contributed by atoms with E-state index in [1.165, 1.54) is 23.9 Å². The van der Waals surface area contributed by atoms with E-state index in [-0.39, 0.29) is 5.92 Å². The standard InChI is InChI=1S/C19H19N5O3S/c1-27-14-6-12(21)10(7-20)4-13(14)24-17-16-11-3-2-9(19(25)26)5-15(11)28-18(16)23-8-22-17/h4,6-9,20H,2-3,5,21H2,1H3,(H,25,26)(H,22,23,24)/p+1/t9-/m0/s1. The van der Waals surface area contributed by atoms with Gasteiger partial charge in [0, 0.05) is 16.6 Å². The molecule has 2 aromatic heterocycles. The SMILES string of the molecule is COc1cc(N)c(C=[NH2+])cc1Nc1ncnc2sc3c(c12)CC[C@H](C(=O)O)C3. The molecule has 2 heterocycles. The van der Waals surface area contributed by atoms with Gasteiger partial charge < -0.3 is 20.9 Å². The summed E-state index contributed by atoms with van der Waals surface area (Å²) in [6.07, 6.45) is 4.77. The minimum absolute atomic E-state index is 0.343. The van der Waals surface area contributed by atoms with Gasteiger partial charge in [0.05, 0.1) is 29.7 Å². The highest BCUT2D eigenvalue weighted by Crippen LogP contribution is 2.41. The molecule has 3 aromatic rings. The number of anilines is 3. The lowest BCUT2D eigenvalue weighted by Crippen LogP contribution is -2.30. The third-order valence-electron chi connectivity index (χ3n) is 5.03. The van der Waals surface area contributed by atoms with E-state index >= 15 is 0 Å². The average molecular weight is 398 g/mol. The van der Waals surface area contributed by atoms with Crippen molar-refractivity contribution in [2.45, 2.75) is 19.3 Å². The smallest absolute Gasteiger partial charge is 0.306 e. The number of nitrogens with one attached hydrogen (secondary N) is 1. The van der Waals surface area contributed by atoms with Gasteiger partial charge in [-0.2, -0.15) is 0 Å². The summed E-state index contributed by atoms with van der Waals surface area (Å²) in [5.74, 6) is 0.140. The van der Waals surface area contributed by atoms with Crippen LogP contribution in [-0.4, -0.2) is 34.4 Å². The number of carbonyl (C=O) groups is 1. The molecule has 0 spiro atoms. The van der Waals surface area contributed by atoms with Crippen molar-refractivity contribution in [3.05, 3.63) is 34.5 Å². The van der Waals surface area contributed by atoms with Crippen LogP contribution in [0, 0.1) is 5.92 Å². The molecule has 0 fully saturated rings. The van der Waals surface area contributed by atoms with Crippen LogP contribution in [0.4, 0.5) is 17.2 Å². The van der Waals surface area contributed by atoms with E-state index in [0.29, 0.717) is 47.8 Å². The third-order valence-corrected chi connectivity index (χ3v) is 6.19. The van der Waals surface area contributed by atoms with E-state index in [1.54, 1.807) is 19.2 Å². The summed E-state index contributed by atoms with van der Waals surface area (Å²) >= 11 is 1.53. The minimum atomic E-state index is -0.746. The number of aliphatic carboxylic acids is 1. The van der Waals surface area contributed by atoms with Crippen LogP contribution in [0.1, 0.15) is 22.4 Å². The predicted molar refractivity (Wildman–Crippen MR) is 108 cm³/mol. The van der Waals surface area contributed by atoms with Gasteiger partial charge in [0.2, 0.25) is 0 Å². The summed E-state index contributed by atoms with van der Waals surface area (Å²) in [6, 6.07) is 3.52. The first kappa shape index (κ1) is 18.2. The van der Waals surface area contributed by atoms with Crippen molar-refractivity contribution in [2.24, 2.45) is 5.92 Å². The molecule has 1 aliphatic rings. The van der Waals surface area contributed by atoms with Gasteiger partial charge in [-0.1, -0.05) is 0 Å². The van der Waals surface area contributed by atoms with Crippen molar-refractivity contribution < 1.29 is 20.0 Å². The molecule has 1 aliphatic carbocycles. The Bertz CT molecular complexity index is 1090. The Morgan fingerprint density at radius 2 is 2.29 bits per heavy atom. The molecule has 1 aromatic carbocycles. The Hall–Kier alpha value is -3.20. The van der Waals surface area contributed by atoms with Crippen LogP contribution in [0.25, 0.3) is 10.2 Å². The predicted octanol–water partition coefficient (Wildman–Crippen LogP) is 1.39. The molecule has 4 rings (SSSR count). The molecule has 1 atom stereocenters. The molecule has 0 aliphatic heterocycles. The topological polar surface area (TPSA) is 136 Å². The second-order valence-corrected chi connectivity index (χ2v) is 7.74. The maximum atomic E-state index is 11.4. The summed E-state index contributed by atoms with van der Waals surface area (Å²) < 4.78 is 5.44. The monoisotopic (exact) mass is 398 g/mol. The lowest BCUT2D eigenvalue weighted by molar-refractivity contribution is -0.142. The van der Waals surface area contributed by atoms with E-state index in [4.69, 9.17) is 15.9 Å². The van der Waals surface area contributed by atoms with Crippen LogP contribution in [-0.2, 0) is 17.6 Å². The second-order valence-electron chi connectivity index (χ2n) is 6.66. The fourth-order valence-corrected chi connectivity index (χ4v) is 4.83. The van der Waals surface area contributed by atoms with Crippen LogP contribution >= 0.6 is 11.3 Å². The average Bonchev–Trinajstić information content (AvgIpc) is 3.07. The van der Waals surface area contributed by atoms with Crippen molar-refractivity contribution in [3.8, 4) is 5.75 Å². The van der Waals surface area contributed by atoms with Gasteiger partial charge >= 0.3 is 5.97 Å². The molecule has 9 heteroatoms. The Labute approximate surface area is 164 Å². The van der Waals surface area contributed by atoms with Gasteiger partial charge in [-0.3, -0.25) is 10.2 Å². The van der Waals surface area contributed by atoms with Gasteiger partial charge in [-0.25, -0.2) is 9.97 Å². The van der Waals surface area contributed by atoms with Crippen LogP contribution in [0.2, 0.25) is 0 Å². The summed E-state index contributed by atoms with van der Waals surface area (Å²) in [5.41, 5.74) is 9.00. The van der Waals surface area contributed by atoms with Crippen molar-refractivity contribution >= 4 is 50.9 Å². The number of hydrogen-bond acceptors (Lipinski definition) is 7. The zero-order valence-corrected chi connectivity index (χ0v) is 16.0. The summed E-state index contributed by atoms with van der Waals surface area (Å²) in [5, 5.41) is 19.3. The van der Waals surface area contributed by atoms with Crippen molar-refractivity contribution in [1.29, 1.82) is 0 Å². The molecule has 8 nitrogen and oxygen atoms in total. The van der Waals surface area contributed by atoms with E-state index < -0.39 is 5.97 Å². The lowest BCUT2D eigenvalue weighted by atomic mass is 9.88. The molecule has 28 heavy (non-hydrogen) atoms. The Morgan fingerprint density at radius 1 is 1.46 bits per heavy atom. The molecular formula is C19H20N5O3S+. The normalized spacial score (nSPS) is 15.8. The number of aryl methyl sites for hydroxylation is 1. The fourth-order valence-electron chi connectivity index (χ4n) is 3.57. The van der Waals surface area contributed by atoms with Crippen LogP contribution in [0.3, 0.4) is 0 Å². The number of rotatable bonds is 5. The molecule has 0 amide bonds. The fraction of sp³-hybridized carbons (Fsp3) is 0.263. The summed E-state index contributed by atoms with van der Waals surface area (Å²) in [4.78, 5) is 22.1. The maximum absolute atomic E-state index is 11.4. The third kappa shape index (κ3) is 3.03. The number of nitrogen functional groups attached to an aromatic ring is 1. The maximum Gasteiger partial charge on any atom is 0.306 e. The number of fused-ring (bicyclic) bond motifs is 3. The summed E-state index contributed by atoms with van der Waals surface area (Å²) in [7, 11) is 1.57. The second kappa shape index (κ2) is 7.08. The highest BCUT2D eigenvalue weighted by atomic mass is 32.1. The first-order valence-corrected chi connectivity index (χ1v) is 9.61. The Morgan fingerprint density at radius 3 is 3.00 bits per heavy atom. The van der Waals surface area contributed by atoms with Crippen LogP contribution in [0.5, 0.6) is 5.75 Å². The van der Waals surface area contributed by atoms with E-state index in [2.05, 4.69) is 15.3 Å². The van der Waals surface area contributed by atoms with Gasteiger partial charge in [0.1, 0.15) is 22.7 Å². The first-order valence-electron chi connectivity index (χ1n) is 8.79. The van der Waals surface area contributed by atoms with Crippen molar-refractivity contribution in [2.75, 3.05) is 18.2 Å². The van der Waals surface area contributed by atoms with E-state index in [9.17, 15) is 9.90 Å². The van der Waals surface area contributed by atoms with Gasteiger partial charge in [-0.05, 0) is 30.9 Å². The summed E-state index contributed by atoms with van der Waals surface area (Å²) in [6.45, 7) is 0. The Kier molecular flexibility index (Phi) is 4.60. The first-order chi connectivity index (χ1) is 13.5. The van der Waals surface area contributed by atoms with Crippen LogP contribution in [0.15, 0.2) is 18.5 Å². The molecule has 0 saturated carbocycles. The highest BCUT2D eigenvalue weighted by molar-refractivity contribution is 7.19. The number of methoxy groups -OCH3 is 1. The Balaban J connectivity index is 1.79. The molecule has 0 radical (unpaired) electrons. The van der Waals surface area contributed by atoms with Gasteiger partial charge in [0.25, 0.3) is 0 Å². The number of nitrogens with zero attached hydrogens (tertiary/aromatic N) is 2. The number of ether oxygens (including phenoxy) is 1. The zero-order valence-electron chi connectivity index (χ0n) is 15.2. The number of hydrogen-bond donors (Lipinski definition) is 4.